The molecular weight excluding hydrogens is 226 g/mol. The number of likely N-dealkylation sites (tertiary alicyclic amines) is 1. The quantitative estimate of drug-likeness (QED) is 0.796. The molecular formula is C14H17N3O. The SMILES string of the molecule is CN(C)c1cccc(C(=O)N2CCCC2C#N)c1. The van der Waals surface area contributed by atoms with Crippen LogP contribution in [0.3, 0.4) is 0 Å². The lowest BCUT2D eigenvalue weighted by Crippen LogP contribution is -2.34. The average molecular weight is 243 g/mol. The Morgan fingerprint density at radius 3 is 2.94 bits per heavy atom. The molecule has 0 radical (unpaired) electrons. The number of nitrogens with zero attached hydrogens (tertiary/aromatic N) is 3. The highest BCUT2D eigenvalue weighted by molar-refractivity contribution is 5.95. The van der Waals surface area contributed by atoms with E-state index in [1.54, 1.807) is 4.90 Å². The summed E-state index contributed by atoms with van der Waals surface area (Å²) in [6, 6.07) is 9.45. The molecule has 0 N–H and O–H groups in total. The molecule has 1 heterocycles. The van der Waals surface area contributed by atoms with Gasteiger partial charge in [0, 0.05) is 31.9 Å². The van der Waals surface area contributed by atoms with Gasteiger partial charge in [-0.2, -0.15) is 5.26 Å². The zero-order valence-electron chi connectivity index (χ0n) is 10.8. The average Bonchev–Trinajstić information content (AvgIpc) is 2.86. The van der Waals surface area contributed by atoms with Crippen molar-refractivity contribution in [2.75, 3.05) is 25.5 Å². The van der Waals surface area contributed by atoms with Gasteiger partial charge in [-0.05, 0) is 31.0 Å². The van der Waals surface area contributed by atoms with E-state index >= 15 is 0 Å². The molecule has 1 aromatic rings. The molecule has 4 heteroatoms. The standard InChI is InChI=1S/C14H17N3O/c1-16(2)12-6-3-5-11(9-12)14(18)17-8-4-7-13(17)10-15/h3,5-6,9,13H,4,7-8H2,1-2H3. The Morgan fingerprint density at radius 1 is 1.50 bits per heavy atom. The van der Waals surface area contributed by atoms with Gasteiger partial charge in [0.2, 0.25) is 0 Å². The number of rotatable bonds is 2. The molecule has 1 aliphatic heterocycles. The second-order valence-corrected chi connectivity index (χ2v) is 4.73. The van der Waals surface area contributed by atoms with Gasteiger partial charge in [0.25, 0.3) is 5.91 Å². The van der Waals surface area contributed by atoms with Crippen molar-refractivity contribution in [1.29, 1.82) is 5.26 Å². The van der Waals surface area contributed by atoms with Gasteiger partial charge < -0.3 is 9.80 Å². The second kappa shape index (κ2) is 5.09. The van der Waals surface area contributed by atoms with E-state index in [1.165, 1.54) is 0 Å². The number of anilines is 1. The fourth-order valence-electron chi connectivity index (χ4n) is 2.23. The van der Waals surface area contributed by atoms with Crippen LogP contribution in [-0.4, -0.2) is 37.5 Å². The molecule has 1 fully saturated rings. The molecule has 1 saturated heterocycles. The minimum absolute atomic E-state index is 0.0391. The molecule has 0 aromatic heterocycles. The summed E-state index contributed by atoms with van der Waals surface area (Å²) in [6.07, 6.45) is 1.70. The first kappa shape index (κ1) is 12.4. The maximum absolute atomic E-state index is 12.3. The largest absolute Gasteiger partial charge is 0.378 e. The Morgan fingerprint density at radius 2 is 2.28 bits per heavy atom. The first-order chi connectivity index (χ1) is 8.63. The summed E-state index contributed by atoms with van der Waals surface area (Å²) in [6.45, 7) is 0.684. The third-order valence-electron chi connectivity index (χ3n) is 3.27. The van der Waals surface area contributed by atoms with Crippen molar-refractivity contribution in [3.8, 4) is 6.07 Å². The van der Waals surface area contributed by atoms with E-state index in [0.29, 0.717) is 12.1 Å². The minimum atomic E-state index is -0.263. The highest BCUT2D eigenvalue weighted by atomic mass is 16.2. The lowest BCUT2D eigenvalue weighted by molar-refractivity contribution is 0.0765. The molecule has 1 aliphatic rings. The molecule has 1 aromatic carbocycles. The minimum Gasteiger partial charge on any atom is -0.378 e. The fraction of sp³-hybridized carbons (Fsp3) is 0.429. The summed E-state index contributed by atoms with van der Waals surface area (Å²) in [7, 11) is 3.88. The molecule has 18 heavy (non-hydrogen) atoms. The predicted molar refractivity (Wildman–Crippen MR) is 70.4 cm³/mol. The Bertz CT molecular complexity index is 490. The van der Waals surface area contributed by atoms with Crippen LogP contribution in [0, 0.1) is 11.3 Å². The summed E-state index contributed by atoms with van der Waals surface area (Å²) in [5, 5.41) is 9.02. The number of hydrogen-bond acceptors (Lipinski definition) is 3. The normalized spacial score (nSPS) is 18.5. The van der Waals surface area contributed by atoms with Crippen LogP contribution in [0.2, 0.25) is 0 Å². The van der Waals surface area contributed by atoms with Crippen molar-refractivity contribution in [3.63, 3.8) is 0 Å². The third-order valence-corrected chi connectivity index (χ3v) is 3.27. The Labute approximate surface area is 107 Å². The van der Waals surface area contributed by atoms with Gasteiger partial charge in [0.1, 0.15) is 6.04 Å². The van der Waals surface area contributed by atoms with Crippen molar-refractivity contribution >= 4 is 11.6 Å². The van der Waals surface area contributed by atoms with Gasteiger partial charge in [0.15, 0.2) is 0 Å². The van der Waals surface area contributed by atoms with E-state index in [9.17, 15) is 4.79 Å². The Kier molecular flexibility index (Phi) is 3.52. The van der Waals surface area contributed by atoms with E-state index in [4.69, 9.17) is 5.26 Å². The van der Waals surface area contributed by atoms with Crippen LogP contribution in [0.4, 0.5) is 5.69 Å². The maximum Gasteiger partial charge on any atom is 0.255 e. The molecule has 0 bridgehead atoms. The van der Waals surface area contributed by atoms with Gasteiger partial charge in [-0.1, -0.05) is 6.07 Å². The van der Waals surface area contributed by atoms with E-state index in [0.717, 1.165) is 18.5 Å². The highest BCUT2D eigenvalue weighted by Crippen LogP contribution is 2.21. The second-order valence-electron chi connectivity index (χ2n) is 4.73. The lowest BCUT2D eigenvalue weighted by Gasteiger charge is -2.20. The molecule has 0 spiro atoms. The van der Waals surface area contributed by atoms with Crippen LogP contribution < -0.4 is 4.90 Å². The Balaban J connectivity index is 2.24. The van der Waals surface area contributed by atoms with Crippen molar-refractivity contribution in [2.24, 2.45) is 0 Å². The zero-order chi connectivity index (χ0) is 13.1. The molecule has 2 rings (SSSR count). The van der Waals surface area contributed by atoms with Crippen LogP contribution in [0.25, 0.3) is 0 Å². The number of carbonyl (C=O) groups is 1. The summed E-state index contributed by atoms with van der Waals surface area (Å²) >= 11 is 0. The van der Waals surface area contributed by atoms with Crippen molar-refractivity contribution in [1.82, 2.24) is 4.90 Å². The number of hydrogen-bond donors (Lipinski definition) is 0. The Hall–Kier alpha value is -2.02. The van der Waals surface area contributed by atoms with E-state index in [2.05, 4.69) is 6.07 Å². The van der Waals surface area contributed by atoms with Crippen molar-refractivity contribution in [2.45, 2.75) is 18.9 Å². The lowest BCUT2D eigenvalue weighted by atomic mass is 10.1. The molecule has 1 atom stereocenters. The van der Waals surface area contributed by atoms with Crippen molar-refractivity contribution < 1.29 is 4.79 Å². The van der Waals surface area contributed by atoms with Crippen LogP contribution in [0.15, 0.2) is 24.3 Å². The summed E-state index contributed by atoms with van der Waals surface area (Å²) in [4.78, 5) is 16.0. The van der Waals surface area contributed by atoms with Crippen LogP contribution >= 0.6 is 0 Å². The zero-order valence-corrected chi connectivity index (χ0v) is 10.8. The third kappa shape index (κ3) is 2.30. The van der Waals surface area contributed by atoms with Gasteiger partial charge in [0.05, 0.1) is 6.07 Å². The fourth-order valence-corrected chi connectivity index (χ4v) is 2.23. The number of carbonyl (C=O) groups excluding carboxylic acids is 1. The van der Waals surface area contributed by atoms with Crippen molar-refractivity contribution in [3.05, 3.63) is 29.8 Å². The molecule has 4 nitrogen and oxygen atoms in total. The topological polar surface area (TPSA) is 47.3 Å². The summed E-state index contributed by atoms with van der Waals surface area (Å²) < 4.78 is 0. The number of nitriles is 1. The monoisotopic (exact) mass is 243 g/mol. The first-order valence-corrected chi connectivity index (χ1v) is 6.11. The van der Waals surface area contributed by atoms with E-state index < -0.39 is 0 Å². The molecule has 1 amide bonds. The smallest absolute Gasteiger partial charge is 0.255 e. The molecule has 0 aliphatic carbocycles. The summed E-state index contributed by atoms with van der Waals surface area (Å²) in [5.41, 5.74) is 1.65. The first-order valence-electron chi connectivity index (χ1n) is 6.11. The highest BCUT2D eigenvalue weighted by Gasteiger charge is 2.29. The van der Waals surface area contributed by atoms with Gasteiger partial charge in [-0.15, -0.1) is 0 Å². The van der Waals surface area contributed by atoms with Crippen LogP contribution in [0.5, 0.6) is 0 Å². The number of benzene rings is 1. The van der Waals surface area contributed by atoms with Gasteiger partial charge >= 0.3 is 0 Å². The molecule has 94 valence electrons. The number of amides is 1. The predicted octanol–water partition coefficient (Wildman–Crippen LogP) is 1.88. The van der Waals surface area contributed by atoms with E-state index in [-0.39, 0.29) is 11.9 Å². The molecule has 1 unspecified atom stereocenters. The van der Waals surface area contributed by atoms with Gasteiger partial charge in [-0.3, -0.25) is 4.79 Å². The molecule has 0 saturated carbocycles. The maximum atomic E-state index is 12.3. The van der Waals surface area contributed by atoms with Crippen LogP contribution in [0.1, 0.15) is 23.2 Å². The van der Waals surface area contributed by atoms with E-state index in [1.807, 2.05) is 43.3 Å². The van der Waals surface area contributed by atoms with Gasteiger partial charge in [-0.25, -0.2) is 0 Å². The van der Waals surface area contributed by atoms with Crippen LogP contribution in [-0.2, 0) is 0 Å². The summed E-state index contributed by atoms with van der Waals surface area (Å²) in [5.74, 6) is -0.0391.